The van der Waals surface area contributed by atoms with Crippen LogP contribution in [0, 0.1) is 0 Å². The van der Waals surface area contributed by atoms with Crippen molar-refractivity contribution in [1.82, 2.24) is 10.9 Å². The highest BCUT2D eigenvalue weighted by Gasteiger charge is 2.15. The molecule has 0 aliphatic rings. The predicted octanol–water partition coefficient (Wildman–Crippen LogP) is 3.80. The molecule has 7 nitrogen and oxygen atoms in total. The van der Waals surface area contributed by atoms with Crippen LogP contribution in [0.15, 0.2) is 36.4 Å². The summed E-state index contributed by atoms with van der Waals surface area (Å²) in [5.74, 6) is 1.13. The van der Waals surface area contributed by atoms with E-state index >= 15 is 0 Å². The zero-order valence-corrected chi connectivity index (χ0v) is 17.7. The predicted molar refractivity (Wildman–Crippen MR) is 114 cm³/mol. The lowest BCUT2D eigenvalue weighted by Gasteiger charge is -2.17. The lowest BCUT2D eigenvalue weighted by Crippen LogP contribution is -2.48. The summed E-state index contributed by atoms with van der Waals surface area (Å²) >= 11 is 16.9. The maximum absolute atomic E-state index is 12.2. The fraction of sp³-hybridized carbons (Fsp3) is 0.222. The summed E-state index contributed by atoms with van der Waals surface area (Å²) in [5.41, 5.74) is 5.73. The molecule has 0 spiro atoms. The van der Waals surface area contributed by atoms with Gasteiger partial charge in [0.15, 0.2) is 22.7 Å². The number of thiocarbonyl (C=S) groups is 1. The lowest BCUT2D eigenvalue weighted by atomic mass is 10.3. The molecule has 0 aromatic heterocycles. The minimum Gasteiger partial charge on any atom is -0.493 e. The van der Waals surface area contributed by atoms with Crippen molar-refractivity contribution in [1.29, 1.82) is 0 Å². The molecule has 2 rings (SSSR count). The molecule has 1 amide bonds. The molecule has 0 aliphatic carbocycles. The third-order valence-corrected chi connectivity index (χ3v) is 4.46. The van der Waals surface area contributed by atoms with E-state index in [-0.39, 0.29) is 5.11 Å². The molecule has 0 bridgehead atoms. The van der Waals surface area contributed by atoms with Crippen molar-refractivity contribution in [2.24, 2.45) is 0 Å². The lowest BCUT2D eigenvalue weighted by molar-refractivity contribution is -0.127. The first-order valence-corrected chi connectivity index (χ1v) is 9.21. The summed E-state index contributed by atoms with van der Waals surface area (Å²) in [6.07, 6.45) is -0.798. The Bertz CT molecular complexity index is 867. The molecule has 0 fully saturated rings. The number of amides is 1. The van der Waals surface area contributed by atoms with Gasteiger partial charge in [-0.1, -0.05) is 23.2 Å². The summed E-state index contributed by atoms with van der Waals surface area (Å²) < 4.78 is 15.9. The van der Waals surface area contributed by atoms with E-state index in [1.54, 1.807) is 44.4 Å². The summed E-state index contributed by atoms with van der Waals surface area (Å²) in [6, 6.07) is 9.94. The van der Waals surface area contributed by atoms with Crippen molar-refractivity contribution in [3.8, 4) is 17.2 Å². The zero-order valence-electron chi connectivity index (χ0n) is 15.3. The number of methoxy groups -OCH3 is 2. The topological polar surface area (TPSA) is 80.9 Å². The molecule has 28 heavy (non-hydrogen) atoms. The van der Waals surface area contributed by atoms with E-state index in [0.29, 0.717) is 33.0 Å². The Morgan fingerprint density at radius 3 is 2.36 bits per heavy atom. The number of halogens is 2. The number of carbonyl (C=O) groups excluding carboxylic acids is 1. The van der Waals surface area contributed by atoms with Gasteiger partial charge in [-0.05, 0) is 43.4 Å². The van der Waals surface area contributed by atoms with Gasteiger partial charge in [0.05, 0.1) is 24.3 Å². The molecule has 10 heteroatoms. The Balaban J connectivity index is 1.86. The van der Waals surface area contributed by atoms with Crippen LogP contribution in [-0.4, -0.2) is 31.3 Å². The van der Waals surface area contributed by atoms with Gasteiger partial charge >= 0.3 is 0 Å². The Labute approximate surface area is 178 Å². The van der Waals surface area contributed by atoms with Gasteiger partial charge in [-0.3, -0.25) is 15.6 Å². The first-order valence-electron chi connectivity index (χ1n) is 8.04. The van der Waals surface area contributed by atoms with Crippen LogP contribution in [-0.2, 0) is 4.79 Å². The van der Waals surface area contributed by atoms with Gasteiger partial charge < -0.3 is 19.5 Å². The van der Waals surface area contributed by atoms with Crippen molar-refractivity contribution in [2.45, 2.75) is 13.0 Å². The van der Waals surface area contributed by atoms with E-state index in [1.807, 2.05) is 0 Å². The molecule has 0 radical (unpaired) electrons. The first kappa shape index (κ1) is 21.9. The third kappa shape index (κ3) is 6.05. The van der Waals surface area contributed by atoms with Gasteiger partial charge in [0.1, 0.15) is 5.75 Å². The molecule has 2 aromatic rings. The van der Waals surface area contributed by atoms with Crippen LogP contribution >= 0.6 is 35.4 Å². The van der Waals surface area contributed by atoms with Gasteiger partial charge in [0.2, 0.25) is 0 Å². The fourth-order valence-corrected chi connectivity index (χ4v) is 2.56. The summed E-state index contributed by atoms with van der Waals surface area (Å²) in [4.78, 5) is 12.2. The van der Waals surface area contributed by atoms with Gasteiger partial charge in [0, 0.05) is 17.8 Å². The van der Waals surface area contributed by atoms with Crippen molar-refractivity contribution < 1.29 is 19.0 Å². The zero-order chi connectivity index (χ0) is 20.7. The van der Waals surface area contributed by atoms with Crippen LogP contribution in [0.4, 0.5) is 5.69 Å². The van der Waals surface area contributed by atoms with Gasteiger partial charge in [0.25, 0.3) is 5.91 Å². The number of rotatable bonds is 6. The molecule has 2 aromatic carbocycles. The Hall–Kier alpha value is -2.42. The number of hydrogen-bond acceptors (Lipinski definition) is 5. The van der Waals surface area contributed by atoms with E-state index < -0.39 is 12.0 Å². The van der Waals surface area contributed by atoms with E-state index in [9.17, 15) is 4.79 Å². The SMILES string of the molecule is COc1ccc(NC(=S)NNC(=O)C(C)Oc2ccc(Cl)c(Cl)c2)cc1OC. The van der Waals surface area contributed by atoms with Crippen LogP contribution in [0.3, 0.4) is 0 Å². The normalized spacial score (nSPS) is 11.2. The number of ether oxygens (including phenoxy) is 3. The van der Waals surface area contributed by atoms with E-state index in [2.05, 4.69) is 16.2 Å². The number of hydrogen-bond donors (Lipinski definition) is 3. The van der Waals surface area contributed by atoms with E-state index in [4.69, 9.17) is 49.6 Å². The standard InChI is InChI=1S/C18H19Cl2N3O4S/c1-10(27-12-5-6-13(19)14(20)9-12)17(24)22-23-18(28)21-11-4-7-15(25-2)16(8-11)26-3/h4-10H,1-3H3,(H,22,24)(H2,21,23,28). The highest BCUT2D eigenvalue weighted by molar-refractivity contribution is 7.80. The molecule has 0 aliphatic heterocycles. The van der Waals surface area contributed by atoms with Crippen LogP contribution < -0.4 is 30.4 Å². The van der Waals surface area contributed by atoms with Crippen LogP contribution in [0.25, 0.3) is 0 Å². The number of carbonyl (C=O) groups is 1. The van der Waals surface area contributed by atoms with Gasteiger partial charge in [-0.15, -0.1) is 0 Å². The highest BCUT2D eigenvalue weighted by Crippen LogP contribution is 2.29. The minimum atomic E-state index is -0.798. The number of hydrazine groups is 1. The van der Waals surface area contributed by atoms with Crippen molar-refractivity contribution in [3.63, 3.8) is 0 Å². The van der Waals surface area contributed by atoms with Crippen molar-refractivity contribution in [3.05, 3.63) is 46.4 Å². The maximum atomic E-state index is 12.2. The first-order chi connectivity index (χ1) is 13.3. The van der Waals surface area contributed by atoms with Crippen molar-refractivity contribution in [2.75, 3.05) is 19.5 Å². The highest BCUT2D eigenvalue weighted by atomic mass is 35.5. The second-order valence-electron chi connectivity index (χ2n) is 5.47. The molecule has 3 N–H and O–H groups in total. The van der Waals surface area contributed by atoms with E-state index in [0.717, 1.165) is 0 Å². The Morgan fingerprint density at radius 1 is 1.00 bits per heavy atom. The number of anilines is 1. The largest absolute Gasteiger partial charge is 0.493 e. The molecule has 0 saturated carbocycles. The number of nitrogens with one attached hydrogen (secondary N) is 3. The molecule has 0 heterocycles. The second-order valence-corrected chi connectivity index (χ2v) is 6.70. The monoisotopic (exact) mass is 443 g/mol. The Kier molecular flexibility index (Phi) is 7.98. The van der Waals surface area contributed by atoms with Gasteiger partial charge in [-0.25, -0.2) is 0 Å². The molecule has 1 unspecified atom stereocenters. The third-order valence-electron chi connectivity index (χ3n) is 3.51. The summed E-state index contributed by atoms with van der Waals surface area (Å²) in [7, 11) is 3.08. The summed E-state index contributed by atoms with van der Waals surface area (Å²) in [5, 5.41) is 3.85. The molecular weight excluding hydrogens is 425 g/mol. The average Bonchev–Trinajstić information content (AvgIpc) is 2.68. The number of benzene rings is 2. The minimum absolute atomic E-state index is 0.183. The molecule has 1 atom stereocenters. The summed E-state index contributed by atoms with van der Waals surface area (Å²) in [6.45, 7) is 1.59. The molecular formula is C18H19Cl2N3O4S. The maximum Gasteiger partial charge on any atom is 0.279 e. The van der Waals surface area contributed by atoms with Crippen LogP contribution in [0.1, 0.15) is 6.92 Å². The smallest absolute Gasteiger partial charge is 0.279 e. The fourth-order valence-electron chi connectivity index (χ4n) is 2.10. The quantitative estimate of drug-likeness (QED) is 0.462. The molecule has 0 saturated heterocycles. The van der Waals surface area contributed by atoms with E-state index in [1.165, 1.54) is 13.2 Å². The molecule has 150 valence electrons. The van der Waals surface area contributed by atoms with Crippen LogP contribution in [0.2, 0.25) is 10.0 Å². The van der Waals surface area contributed by atoms with Gasteiger partial charge in [-0.2, -0.15) is 0 Å². The average molecular weight is 444 g/mol. The Morgan fingerprint density at radius 2 is 1.71 bits per heavy atom. The van der Waals surface area contributed by atoms with Crippen LogP contribution in [0.5, 0.6) is 17.2 Å². The van der Waals surface area contributed by atoms with Crippen molar-refractivity contribution >= 4 is 52.1 Å². The second kappa shape index (κ2) is 10.2.